The number of ether oxygens (including phenoxy) is 1. The molecule has 19 heavy (non-hydrogen) atoms. The molecule has 0 spiro atoms. The molecule has 2 rings (SSSR count). The van der Waals surface area contributed by atoms with E-state index in [1.54, 1.807) is 0 Å². The number of benzene rings is 1. The van der Waals surface area contributed by atoms with Crippen LogP contribution in [0, 0.1) is 5.41 Å². The van der Waals surface area contributed by atoms with Gasteiger partial charge in [-0.1, -0.05) is 35.7 Å². The third kappa shape index (κ3) is 3.14. The third-order valence-electron chi connectivity index (χ3n) is 4.31. The zero-order valence-corrected chi connectivity index (χ0v) is 13.7. The van der Waals surface area contributed by atoms with Crippen LogP contribution < -0.4 is 10.1 Å². The van der Waals surface area contributed by atoms with Gasteiger partial charge in [0.15, 0.2) is 0 Å². The van der Waals surface area contributed by atoms with Gasteiger partial charge in [-0.3, -0.25) is 0 Å². The van der Waals surface area contributed by atoms with Crippen LogP contribution in [0.4, 0.5) is 0 Å². The largest absolute Gasteiger partial charge is 0.494 e. The molecule has 0 radical (unpaired) electrons. The highest BCUT2D eigenvalue weighted by Gasteiger charge is 2.38. The molecule has 1 aromatic carbocycles. The zero-order valence-electron chi connectivity index (χ0n) is 12.1. The Morgan fingerprint density at radius 2 is 2.05 bits per heavy atom. The van der Waals surface area contributed by atoms with Crippen LogP contribution in [0.25, 0.3) is 0 Å². The van der Waals surface area contributed by atoms with E-state index in [1.807, 2.05) is 6.92 Å². The van der Waals surface area contributed by atoms with Gasteiger partial charge < -0.3 is 10.1 Å². The molecule has 0 saturated heterocycles. The fourth-order valence-corrected chi connectivity index (χ4v) is 3.76. The monoisotopic (exact) mass is 325 g/mol. The number of halogens is 1. The molecule has 0 bridgehead atoms. The number of hydrogen-bond acceptors (Lipinski definition) is 2. The lowest BCUT2D eigenvalue weighted by Crippen LogP contribution is -2.32. The summed E-state index contributed by atoms with van der Waals surface area (Å²) in [6, 6.07) is 6.69. The minimum absolute atomic E-state index is 0.335. The predicted molar refractivity (Wildman–Crippen MR) is 83.7 cm³/mol. The Balaban J connectivity index is 2.38. The molecule has 1 atom stereocenters. The first kappa shape index (κ1) is 14.9. The summed E-state index contributed by atoms with van der Waals surface area (Å²) in [6.07, 6.45) is 5.26. The van der Waals surface area contributed by atoms with Crippen molar-refractivity contribution in [2.75, 3.05) is 13.7 Å². The van der Waals surface area contributed by atoms with Crippen LogP contribution in [-0.4, -0.2) is 13.7 Å². The second-order valence-electron chi connectivity index (χ2n) is 5.70. The second kappa shape index (κ2) is 6.27. The Labute approximate surface area is 125 Å². The van der Waals surface area contributed by atoms with E-state index in [-0.39, 0.29) is 0 Å². The van der Waals surface area contributed by atoms with E-state index in [0.29, 0.717) is 18.1 Å². The van der Waals surface area contributed by atoms with E-state index in [0.717, 1.165) is 10.2 Å². The lowest BCUT2D eigenvalue weighted by Gasteiger charge is -2.35. The molecule has 1 fully saturated rings. The molecule has 3 heteroatoms. The van der Waals surface area contributed by atoms with Crippen LogP contribution in [0.2, 0.25) is 0 Å². The summed E-state index contributed by atoms with van der Waals surface area (Å²) >= 11 is 3.59. The van der Waals surface area contributed by atoms with Crippen molar-refractivity contribution in [3.05, 3.63) is 28.2 Å². The standard InChI is InChI=1S/C16H24BrNO/c1-4-19-14-8-7-12(17)11-13(14)15(18-3)16(2)9-5-6-10-16/h7-8,11,15,18H,4-6,9-10H2,1-3H3. The predicted octanol–water partition coefficient (Wildman–Crippen LogP) is 4.69. The average molecular weight is 326 g/mol. The molecule has 0 aliphatic heterocycles. The summed E-state index contributed by atoms with van der Waals surface area (Å²) in [4.78, 5) is 0. The lowest BCUT2D eigenvalue weighted by atomic mass is 9.77. The van der Waals surface area contributed by atoms with Crippen LogP contribution in [0.1, 0.15) is 51.1 Å². The highest BCUT2D eigenvalue weighted by atomic mass is 79.9. The van der Waals surface area contributed by atoms with E-state index in [2.05, 4.69) is 53.4 Å². The molecule has 106 valence electrons. The molecule has 1 unspecified atom stereocenters. The van der Waals surface area contributed by atoms with Gasteiger partial charge in [0.25, 0.3) is 0 Å². The van der Waals surface area contributed by atoms with E-state index < -0.39 is 0 Å². The minimum atomic E-state index is 0.335. The fraction of sp³-hybridized carbons (Fsp3) is 0.625. The summed E-state index contributed by atoms with van der Waals surface area (Å²) in [7, 11) is 2.06. The van der Waals surface area contributed by atoms with Crippen LogP contribution in [-0.2, 0) is 0 Å². The fourth-order valence-electron chi connectivity index (χ4n) is 3.38. The van der Waals surface area contributed by atoms with Crippen LogP contribution >= 0.6 is 15.9 Å². The van der Waals surface area contributed by atoms with Crippen molar-refractivity contribution in [1.29, 1.82) is 0 Å². The molecule has 0 aromatic heterocycles. The Bertz CT molecular complexity index is 427. The second-order valence-corrected chi connectivity index (χ2v) is 6.61. The zero-order chi connectivity index (χ0) is 13.9. The average Bonchev–Trinajstić information content (AvgIpc) is 2.81. The van der Waals surface area contributed by atoms with Crippen molar-refractivity contribution in [3.8, 4) is 5.75 Å². The number of nitrogens with one attached hydrogen (secondary N) is 1. The SMILES string of the molecule is CCOc1ccc(Br)cc1C(NC)C1(C)CCCC1. The molecule has 1 saturated carbocycles. The van der Waals surface area contributed by atoms with Crippen LogP contribution in [0.3, 0.4) is 0 Å². The van der Waals surface area contributed by atoms with Gasteiger partial charge in [-0.15, -0.1) is 0 Å². The van der Waals surface area contributed by atoms with Crippen LogP contribution in [0.15, 0.2) is 22.7 Å². The first-order valence-electron chi connectivity index (χ1n) is 7.20. The highest BCUT2D eigenvalue weighted by Crippen LogP contribution is 2.49. The number of hydrogen-bond donors (Lipinski definition) is 1. The number of rotatable bonds is 5. The van der Waals surface area contributed by atoms with Gasteiger partial charge in [0.2, 0.25) is 0 Å². The third-order valence-corrected chi connectivity index (χ3v) is 4.81. The maximum absolute atomic E-state index is 5.82. The van der Waals surface area contributed by atoms with Gasteiger partial charge in [0, 0.05) is 16.1 Å². The van der Waals surface area contributed by atoms with Gasteiger partial charge in [-0.05, 0) is 50.4 Å². The topological polar surface area (TPSA) is 21.3 Å². The summed E-state index contributed by atoms with van der Waals surface area (Å²) in [6.45, 7) is 5.15. The maximum Gasteiger partial charge on any atom is 0.124 e. The van der Waals surface area contributed by atoms with Gasteiger partial charge >= 0.3 is 0 Å². The van der Waals surface area contributed by atoms with E-state index >= 15 is 0 Å². The minimum Gasteiger partial charge on any atom is -0.494 e. The van der Waals surface area contributed by atoms with Gasteiger partial charge in [0.1, 0.15) is 5.75 Å². The molecule has 2 nitrogen and oxygen atoms in total. The van der Waals surface area contributed by atoms with Crippen molar-refractivity contribution < 1.29 is 4.74 Å². The van der Waals surface area contributed by atoms with Gasteiger partial charge in [-0.25, -0.2) is 0 Å². The normalized spacial score (nSPS) is 19.4. The summed E-state index contributed by atoms with van der Waals surface area (Å²) in [5.41, 5.74) is 1.62. The van der Waals surface area contributed by atoms with Crippen molar-refractivity contribution in [2.45, 2.75) is 45.6 Å². The van der Waals surface area contributed by atoms with E-state index in [4.69, 9.17) is 4.74 Å². The molecule has 1 aliphatic carbocycles. The highest BCUT2D eigenvalue weighted by molar-refractivity contribution is 9.10. The van der Waals surface area contributed by atoms with E-state index in [1.165, 1.54) is 31.2 Å². The lowest BCUT2D eigenvalue weighted by molar-refractivity contribution is 0.225. The van der Waals surface area contributed by atoms with Crippen LogP contribution in [0.5, 0.6) is 5.75 Å². The summed E-state index contributed by atoms with van der Waals surface area (Å²) in [5.74, 6) is 1.01. The first-order valence-corrected chi connectivity index (χ1v) is 7.99. The van der Waals surface area contributed by atoms with Crippen molar-refractivity contribution >= 4 is 15.9 Å². The van der Waals surface area contributed by atoms with Crippen molar-refractivity contribution in [2.24, 2.45) is 5.41 Å². The van der Waals surface area contributed by atoms with E-state index in [9.17, 15) is 0 Å². The Morgan fingerprint density at radius 3 is 2.63 bits per heavy atom. The molecular weight excluding hydrogens is 302 g/mol. The Morgan fingerprint density at radius 1 is 1.37 bits per heavy atom. The summed E-state index contributed by atoms with van der Waals surface area (Å²) in [5, 5.41) is 3.53. The molecule has 1 aliphatic rings. The van der Waals surface area contributed by atoms with Gasteiger partial charge in [0.05, 0.1) is 6.61 Å². The molecule has 0 heterocycles. The quantitative estimate of drug-likeness (QED) is 0.848. The smallest absolute Gasteiger partial charge is 0.124 e. The van der Waals surface area contributed by atoms with Gasteiger partial charge in [-0.2, -0.15) is 0 Å². The Kier molecular flexibility index (Phi) is 4.91. The summed E-state index contributed by atoms with van der Waals surface area (Å²) < 4.78 is 6.94. The van der Waals surface area contributed by atoms with Crippen molar-refractivity contribution in [3.63, 3.8) is 0 Å². The Hall–Kier alpha value is -0.540. The molecular formula is C16H24BrNO. The molecule has 1 N–H and O–H groups in total. The maximum atomic E-state index is 5.82. The first-order chi connectivity index (χ1) is 9.10. The molecule has 1 aromatic rings. The molecule has 0 amide bonds. The van der Waals surface area contributed by atoms with Crippen molar-refractivity contribution in [1.82, 2.24) is 5.32 Å².